The predicted molar refractivity (Wildman–Crippen MR) is 138 cm³/mol. The molecule has 0 aliphatic carbocycles. The van der Waals surface area contributed by atoms with Crippen LogP contribution in [-0.4, -0.2) is 41.2 Å². The van der Waals surface area contributed by atoms with E-state index in [0.29, 0.717) is 0 Å². The van der Waals surface area contributed by atoms with Crippen molar-refractivity contribution in [2.75, 3.05) is 20.2 Å². The van der Waals surface area contributed by atoms with Gasteiger partial charge in [-0.15, -0.1) is 0 Å². The van der Waals surface area contributed by atoms with E-state index in [1.165, 1.54) is 23.6 Å². The van der Waals surface area contributed by atoms with Gasteiger partial charge in [-0.3, -0.25) is 4.90 Å². The van der Waals surface area contributed by atoms with Crippen molar-refractivity contribution in [3.05, 3.63) is 72.3 Å². The third-order valence-electron chi connectivity index (χ3n) is 8.24. The summed E-state index contributed by atoms with van der Waals surface area (Å²) >= 11 is 0. The number of aliphatic hydroxyl groups is 1. The Hall–Kier alpha value is -2.95. The van der Waals surface area contributed by atoms with Crippen LogP contribution in [0.4, 0.5) is 0 Å². The number of hydrogen-bond acceptors (Lipinski definition) is 4. The molecule has 1 unspecified atom stereocenters. The van der Waals surface area contributed by atoms with Gasteiger partial charge in [0.2, 0.25) is 0 Å². The molecule has 3 aliphatic rings. The number of fused-ring (bicyclic) bond motifs is 5. The first-order valence-corrected chi connectivity index (χ1v) is 12.5. The lowest BCUT2D eigenvalue weighted by Gasteiger charge is -2.51. The third-order valence-corrected chi connectivity index (χ3v) is 8.24. The molecule has 3 fully saturated rings. The lowest BCUT2D eigenvalue weighted by atomic mass is 9.72. The smallest absolute Gasteiger partial charge is 0.119 e. The molecule has 3 aliphatic heterocycles. The summed E-state index contributed by atoms with van der Waals surface area (Å²) in [5.41, 5.74) is 3.82. The van der Waals surface area contributed by atoms with E-state index in [1.807, 2.05) is 18.2 Å². The van der Waals surface area contributed by atoms with E-state index in [-0.39, 0.29) is 6.04 Å². The van der Waals surface area contributed by atoms with Crippen molar-refractivity contribution >= 4 is 21.7 Å². The van der Waals surface area contributed by atoms with Crippen LogP contribution in [0.1, 0.15) is 37.9 Å². The van der Waals surface area contributed by atoms with Gasteiger partial charge in [-0.05, 0) is 77.9 Å². The highest BCUT2D eigenvalue weighted by Crippen LogP contribution is 2.43. The normalized spacial score (nSPS) is 25.0. The molecule has 4 aromatic rings. The second-order valence-corrected chi connectivity index (χ2v) is 10.0. The third kappa shape index (κ3) is 3.66. The molecule has 3 aromatic carbocycles. The van der Waals surface area contributed by atoms with E-state index >= 15 is 0 Å². The van der Waals surface area contributed by atoms with E-state index in [1.54, 1.807) is 7.11 Å². The number of aromatic nitrogens is 1. The van der Waals surface area contributed by atoms with Gasteiger partial charge in [-0.2, -0.15) is 0 Å². The molecule has 4 heterocycles. The molecule has 2 bridgehead atoms. The molecule has 174 valence electrons. The van der Waals surface area contributed by atoms with Gasteiger partial charge in [0.1, 0.15) is 5.75 Å². The molecular formula is C30H32N2O2. The molecule has 34 heavy (non-hydrogen) atoms. The summed E-state index contributed by atoms with van der Waals surface area (Å²) < 4.78 is 5.52. The summed E-state index contributed by atoms with van der Waals surface area (Å²) in [6, 6.07) is 23.1. The highest BCUT2D eigenvalue weighted by Gasteiger charge is 2.42. The first-order valence-electron chi connectivity index (χ1n) is 12.5. The number of methoxy groups -OCH3 is 1. The fraction of sp³-hybridized carbons (Fsp3) is 0.367. The fourth-order valence-corrected chi connectivity index (χ4v) is 6.28. The number of ether oxygens (including phenoxy) is 1. The van der Waals surface area contributed by atoms with Crippen molar-refractivity contribution in [3.8, 4) is 17.0 Å². The average Bonchev–Trinajstić information content (AvgIpc) is 2.91. The molecule has 0 amide bonds. The molecule has 4 nitrogen and oxygen atoms in total. The first-order chi connectivity index (χ1) is 16.6. The average molecular weight is 453 g/mol. The van der Waals surface area contributed by atoms with E-state index in [2.05, 4.69) is 60.4 Å². The molecule has 3 saturated heterocycles. The topological polar surface area (TPSA) is 45.6 Å². The van der Waals surface area contributed by atoms with Crippen LogP contribution < -0.4 is 4.74 Å². The zero-order valence-electron chi connectivity index (χ0n) is 19.9. The SMILES string of the molecule is CC[C@H]1CN2CC[C@@H]1C[C@H]2[C@H](O)c1cc(-c2ccc3ccccc3c2)nc2ccc(OC)cc12. The second-order valence-electron chi connectivity index (χ2n) is 10.0. The number of piperidine rings is 3. The van der Waals surface area contributed by atoms with Gasteiger partial charge in [-0.1, -0.05) is 49.7 Å². The van der Waals surface area contributed by atoms with Crippen molar-refractivity contribution in [3.63, 3.8) is 0 Å². The monoisotopic (exact) mass is 452 g/mol. The maximum absolute atomic E-state index is 11.8. The summed E-state index contributed by atoms with van der Waals surface area (Å²) in [5, 5.41) is 15.2. The minimum Gasteiger partial charge on any atom is -0.497 e. The van der Waals surface area contributed by atoms with E-state index in [0.717, 1.165) is 64.8 Å². The van der Waals surface area contributed by atoms with E-state index < -0.39 is 6.10 Å². The van der Waals surface area contributed by atoms with Crippen LogP contribution in [0.25, 0.3) is 32.9 Å². The first kappa shape index (κ1) is 21.6. The number of benzene rings is 3. The summed E-state index contributed by atoms with van der Waals surface area (Å²) in [5.74, 6) is 2.27. The van der Waals surface area contributed by atoms with Gasteiger partial charge >= 0.3 is 0 Å². The minimum atomic E-state index is -0.558. The Bertz CT molecular complexity index is 1350. The van der Waals surface area contributed by atoms with Gasteiger partial charge in [-0.25, -0.2) is 4.98 Å². The van der Waals surface area contributed by atoms with Crippen LogP contribution in [0.15, 0.2) is 66.7 Å². The predicted octanol–water partition coefficient (Wildman–Crippen LogP) is 6.22. The molecule has 0 radical (unpaired) electrons. The Labute approximate surface area is 201 Å². The quantitative estimate of drug-likeness (QED) is 0.391. The lowest BCUT2D eigenvalue weighted by Crippen LogP contribution is -2.55. The number of hydrogen-bond donors (Lipinski definition) is 1. The Balaban J connectivity index is 1.46. The summed E-state index contributed by atoms with van der Waals surface area (Å²) in [6.07, 6.45) is 3.00. The number of pyridine rings is 1. The van der Waals surface area contributed by atoms with Crippen LogP contribution in [-0.2, 0) is 0 Å². The van der Waals surface area contributed by atoms with E-state index in [9.17, 15) is 5.11 Å². The highest BCUT2D eigenvalue weighted by atomic mass is 16.5. The van der Waals surface area contributed by atoms with E-state index in [4.69, 9.17) is 9.72 Å². The van der Waals surface area contributed by atoms with Gasteiger partial charge in [0.05, 0.1) is 24.4 Å². The van der Waals surface area contributed by atoms with Crippen molar-refractivity contribution in [1.29, 1.82) is 0 Å². The standard InChI is InChI=1S/C30H32N2O2/c1-3-19-18-32-13-12-22(19)15-29(32)30(33)26-17-28(31-27-11-10-24(34-2)16-25(26)27)23-9-8-20-6-4-5-7-21(20)14-23/h4-11,14,16-17,19,22,29-30,33H,3,12-13,15,18H2,1-2H3/t19-,22+,29-,30+/m0/s1. The zero-order valence-corrected chi connectivity index (χ0v) is 19.9. The molecule has 1 aromatic heterocycles. The van der Waals surface area contributed by atoms with Crippen LogP contribution >= 0.6 is 0 Å². The molecule has 4 heteroatoms. The molecule has 7 rings (SSSR count). The summed E-state index contributed by atoms with van der Waals surface area (Å²) in [6.45, 7) is 4.50. The maximum Gasteiger partial charge on any atom is 0.119 e. The van der Waals surface area contributed by atoms with Crippen molar-refractivity contribution in [2.24, 2.45) is 11.8 Å². The Morgan fingerprint density at radius 1 is 1.06 bits per heavy atom. The Morgan fingerprint density at radius 2 is 1.91 bits per heavy atom. The van der Waals surface area contributed by atoms with Crippen LogP contribution in [0.5, 0.6) is 5.75 Å². The summed E-state index contributed by atoms with van der Waals surface area (Å²) in [7, 11) is 1.69. The molecule has 1 N–H and O–H groups in total. The highest BCUT2D eigenvalue weighted by molar-refractivity contribution is 5.90. The number of nitrogens with zero attached hydrogens (tertiary/aromatic N) is 2. The molecule has 0 spiro atoms. The summed E-state index contributed by atoms with van der Waals surface area (Å²) in [4.78, 5) is 7.54. The van der Waals surface area contributed by atoms with Crippen LogP contribution in [0.2, 0.25) is 0 Å². The Kier molecular flexibility index (Phi) is 5.51. The van der Waals surface area contributed by atoms with Crippen molar-refractivity contribution in [2.45, 2.75) is 38.3 Å². The van der Waals surface area contributed by atoms with Crippen molar-refractivity contribution in [1.82, 2.24) is 9.88 Å². The van der Waals surface area contributed by atoms with Crippen molar-refractivity contribution < 1.29 is 9.84 Å². The maximum atomic E-state index is 11.8. The molecule has 5 atom stereocenters. The fourth-order valence-electron chi connectivity index (χ4n) is 6.28. The second kappa shape index (κ2) is 8.68. The van der Waals surface area contributed by atoms with Crippen LogP contribution in [0, 0.1) is 11.8 Å². The van der Waals surface area contributed by atoms with Gasteiger partial charge in [0.25, 0.3) is 0 Å². The lowest BCUT2D eigenvalue weighted by molar-refractivity contribution is -0.0562. The van der Waals surface area contributed by atoms with Gasteiger partial charge < -0.3 is 9.84 Å². The Morgan fingerprint density at radius 3 is 2.68 bits per heavy atom. The van der Waals surface area contributed by atoms with Gasteiger partial charge in [0, 0.05) is 23.5 Å². The number of aliphatic hydroxyl groups excluding tert-OH is 1. The van der Waals surface area contributed by atoms with Gasteiger partial charge in [0.15, 0.2) is 0 Å². The molecular weight excluding hydrogens is 420 g/mol. The minimum absolute atomic E-state index is 0.155. The largest absolute Gasteiger partial charge is 0.497 e. The molecule has 0 saturated carbocycles. The number of rotatable bonds is 5. The zero-order chi connectivity index (χ0) is 23.2. The van der Waals surface area contributed by atoms with Crippen LogP contribution in [0.3, 0.4) is 0 Å².